The Balaban J connectivity index is 1.58. The fourth-order valence-corrected chi connectivity index (χ4v) is 3.68. The molecule has 0 radical (unpaired) electrons. The van der Waals surface area contributed by atoms with Gasteiger partial charge in [0, 0.05) is 24.6 Å². The SMILES string of the molecule is CSCc1ccc(C(=O)NC2CCC(=O)N(Cc3c(C)noc3C)CC2)o1. The highest BCUT2D eigenvalue weighted by molar-refractivity contribution is 7.97. The molecule has 2 aromatic rings. The second-order valence-electron chi connectivity index (χ2n) is 6.81. The number of aryl methyl sites for hydroxylation is 2. The van der Waals surface area contributed by atoms with Crippen LogP contribution in [0.1, 0.15) is 52.6 Å². The van der Waals surface area contributed by atoms with E-state index in [-0.39, 0.29) is 17.9 Å². The molecule has 8 heteroatoms. The van der Waals surface area contributed by atoms with E-state index in [0.29, 0.717) is 38.1 Å². The number of hydrogen-bond donors (Lipinski definition) is 1. The predicted molar refractivity (Wildman–Crippen MR) is 102 cm³/mol. The average molecular weight is 391 g/mol. The van der Waals surface area contributed by atoms with Crippen LogP contribution >= 0.6 is 11.8 Å². The van der Waals surface area contributed by atoms with Crippen molar-refractivity contribution in [1.82, 2.24) is 15.4 Å². The van der Waals surface area contributed by atoms with Crippen LogP contribution in [0, 0.1) is 13.8 Å². The highest BCUT2D eigenvalue weighted by Crippen LogP contribution is 2.20. The fourth-order valence-electron chi connectivity index (χ4n) is 3.24. The summed E-state index contributed by atoms with van der Waals surface area (Å²) in [6.07, 6.45) is 3.73. The Morgan fingerprint density at radius 1 is 1.37 bits per heavy atom. The molecule has 3 rings (SSSR count). The zero-order valence-electron chi connectivity index (χ0n) is 15.9. The molecule has 2 amide bonds. The number of carbonyl (C=O) groups excluding carboxylic acids is 2. The molecular formula is C19H25N3O4S. The second kappa shape index (κ2) is 8.65. The molecule has 2 aromatic heterocycles. The van der Waals surface area contributed by atoms with E-state index >= 15 is 0 Å². The average Bonchev–Trinajstić information content (AvgIpc) is 3.19. The summed E-state index contributed by atoms with van der Waals surface area (Å²) in [5, 5.41) is 6.96. The van der Waals surface area contributed by atoms with Gasteiger partial charge in [-0.2, -0.15) is 11.8 Å². The normalized spacial score (nSPS) is 17.8. The molecule has 1 N–H and O–H groups in total. The van der Waals surface area contributed by atoms with Crippen molar-refractivity contribution in [1.29, 1.82) is 0 Å². The summed E-state index contributed by atoms with van der Waals surface area (Å²) >= 11 is 1.64. The maximum atomic E-state index is 12.5. The first-order valence-corrected chi connectivity index (χ1v) is 10.5. The number of furan rings is 1. The summed E-state index contributed by atoms with van der Waals surface area (Å²) in [5.74, 6) is 2.46. The third-order valence-corrected chi connectivity index (χ3v) is 5.42. The lowest BCUT2D eigenvalue weighted by atomic mass is 10.1. The number of carbonyl (C=O) groups is 2. The van der Waals surface area contributed by atoms with Gasteiger partial charge >= 0.3 is 0 Å². The number of rotatable bonds is 6. The molecule has 3 heterocycles. The van der Waals surface area contributed by atoms with Crippen LogP contribution in [0.25, 0.3) is 0 Å². The van der Waals surface area contributed by atoms with Gasteiger partial charge in [-0.25, -0.2) is 0 Å². The quantitative estimate of drug-likeness (QED) is 0.814. The van der Waals surface area contributed by atoms with E-state index in [9.17, 15) is 9.59 Å². The summed E-state index contributed by atoms with van der Waals surface area (Å²) in [6.45, 7) is 4.82. The van der Waals surface area contributed by atoms with Gasteiger partial charge in [0.1, 0.15) is 11.5 Å². The largest absolute Gasteiger partial charge is 0.455 e. The molecule has 0 aromatic carbocycles. The molecule has 1 aliphatic heterocycles. The minimum Gasteiger partial charge on any atom is -0.455 e. The Bertz CT molecular complexity index is 794. The van der Waals surface area contributed by atoms with E-state index in [1.165, 1.54) is 0 Å². The summed E-state index contributed by atoms with van der Waals surface area (Å²) in [7, 11) is 0. The van der Waals surface area contributed by atoms with E-state index < -0.39 is 0 Å². The Morgan fingerprint density at radius 2 is 2.19 bits per heavy atom. The summed E-state index contributed by atoms with van der Waals surface area (Å²) in [6, 6.07) is 3.48. The molecule has 0 saturated carbocycles. The van der Waals surface area contributed by atoms with Crippen molar-refractivity contribution in [2.24, 2.45) is 0 Å². The zero-order chi connectivity index (χ0) is 19.4. The number of thioether (sulfide) groups is 1. The number of likely N-dealkylation sites (tertiary alicyclic amines) is 1. The van der Waals surface area contributed by atoms with Gasteiger partial charge in [-0.15, -0.1) is 0 Å². The molecule has 0 aliphatic carbocycles. The minimum absolute atomic E-state index is 0.0507. The molecule has 27 heavy (non-hydrogen) atoms. The first-order valence-electron chi connectivity index (χ1n) is 9.06. The topological polar surface area (TPSA) is 88.6 Å². The van der Waals surface area contributed by atoms with Crippen molar-refractivity contribution in [3.63, 3.8) is 0 Å². The van der Waals surface area contributed by atoms with Crippen LogP contribution in [0.15, 0.2) is 21.1 Å². The maximum absolute atomic E-state index is 12.5. The molecule has 1 atom stereocenters. The first kappa shape index (κ1) is 19.5. The lowest BCUT2D eigenvalue weighted by molar-refractivity contribution is -0.131. The van der Waals surface area contributed by atoms with E-state index in [1.807, 2.05) is 31.1 Å². The van der Waals surface area contributed by atoms with Gasteiger partial charge in [0.25, 0.3) is 5.91 Å². The molecule has 1 aliphatic rings. The highest BCUT2D eigenvalue weighted by Gasteiger charge is 2.26. The number of aromatic nitrogens is 1. The van der Waals surface area contributed by atoms with Crippen LogP contribution in [0.5, 0.6) is 0 Å². The zero-order valence-corrected chi connectivity index (χ0v) is 16.7. The Kier molecular flexibility index (Phi) is 6.26. The lowest BCUT2D eigenvalue weighted by Gasteiger charge is -2.21. The maximum Gasteiger partial charge on any atom is 0.287 e. The molecule has 7 nitrogen and oxygen atoms in total. The van der Waals surface area contributed by atoms with Crippen LogP contribution in [-0.2, 0) is 17.1 Å². The molecule has 0 spiro atoms. The van der Waals surface area contributed by atoms with Gasteiger partial charge in [-0.05, 0) is 45.1 Å². The lowest BCUT2D eigenvalue weighted by Crippen LogP contribution is -2.35. The van der Waals surface area contributed by atoms with Gasteiger partial charge in [0.2, 0.25) is 5.91 Å². The molecule has 146 valence electrons. The third-order valence-electron chi connectivity index (χ3n) is 4.84. The Labute approximate surface area is 162 Å². The number of nitrogens with one attached hydrogen (secondary N) is 1. The van der Waals surface area contributed by atoms with Gasteiger partial charge in [0.05, 0.1) is 18.0 Å². The standard InChI is InChI=1S/C19H25N3O4S/c1-12-16(13(2)26-21-12)10-22-9-8-14(4-7-18(22)23)20-19(24)17-6-5-15(25-17)11-27-3/h5-6,14H,4,7-11H2,1-3H3,(H,20,24). The Hall–Kier alpha value is -2.22. The van der Waals surface area contributed by atoms with Crippen molar-refractivity contribution in [3.8, 4) is 0 Å². The number of nitrogens with zero attached hydrogens (tertiary/aromatic N) is 2. The molecule has 1 unspecified atom stereocenters. The summed E-state index contributed by atoms with van der Waals surface area (Å²) in [5.41, 5.74) is 1.77. The molecule has 1 saturated heterocycles. The van der Waals surface area contributed by atoms with Crippen molar-refractivity contribution in [2.75, 3.05) is 12.8 Å². The van der Waals surface area contributed by atoms with Gasteiger partial charge in [0.15, 0.2) is 5.76 Å². The van der Waals surface area contributed by atoms with Crippen LogP contribution in [0.2, 0.25) is 0 Å². The van der Waals surface area contributed by atoms with E-state index in [1.54, 1.807) is 17.8 Å². The van der Waals surface area contributed by atoms with Crippen molar-refractivity contribution in [2.45, 2.75) is 51.4 Å². The second-order valence-corrected chi connectivity index (χ2v) is 7.68. The highest BCUT2D eigenvalue weighted by atomic mass is 32.2. The van der Waals surface area contributed by atoms with Crippen molar-refractivity contribution >= 4 is 23.6 Å². The van der Waals surface area contributed by atoms with Crippen LogP contribution in [-0.4, -0.2) is 40.7 Å². The van der Waals surface area contributed by atoms with Crippen LogP contribution in [0.3, 0.4) is 0 Å². The molecule has 0 bridgehead atoms. The van der Waals surface area contributed by atoms with Gasteiger partial charge < -0.3 is 19.2 Å². The molecule has 1 fully saturated rings. The van der Waals surface area contributed by atoms with Crippen LogP contribution < -0.4 is 5.32 Å². The number of amides is 2. The van der Waals surface area contributed by atoms with Gasteiger partial charge in [-0.1, -0.05) is 5.16 Å². The van der Waals surface area contributed by atoms with Crippen molar-refractivity contribution < 1.29 is 18.5 Å². The van der Waals surface area contributed by atoms with Crippen LogP contribution in [0.4, 0.5) is 0 Å². The Morgan fingerprint density at radius 3 is 2.89 bits per heavy atom. The van der Waals surface area contributed by atoms with Gasteiger partial charge in [-0.3, -0.25) is 9.59 Å². The first-order chi connectivity index (χ1) is 13.0. The predicted octanol–water partition coefficient (Wildman–Crippen LogP) is 3.06. The minimum atomic E-state index is -0.223. The monoisotopic (exact) mass is 391 g/mol. The van der Waals surface area contributed by atoms with E-state index in [2.05, 4.69) is 10.5 Å². The van der Waals surface area contributed by atoms with Crippen molar-refractivity contribution in [3.05, 3.63) is 40.7 Å². The third kappa shape index (κ3) is 4.74. The fraction of sp³-hybridized carbons (Fsp3) is 0.526. The van der Waals surface area contributed by atoms with E-state index in [0.717, 1.165) is 28.5 Å². The summed E-state index contributed by atoms with van der Waals surface area (Å²) in [4.78, 5) is 26.7. The molecular weight excluding hydrogens is 366 g/mol. The summed E-state index contributed by atoms with van der Waals surface area (Å²) < 4.78 is 10.8. The number of hydrogen-bond acceptors (Lipinski definition) is 6. The van der Waals surface area contributed by atoms with E-state index in [4.69, 9.17) is 8.94 Å². The smallest absolute Gasteiger partial charge is 0.287 e.